The van der Waals surface area contributed by atoms with E-state index in [0.29, 0.717) is 0 Å². The lowest BCUT2D eigenvalue weighted by Gasteiger charge is -2.13. The topological polar surface area (TPSA) is 12.0 Å². The van der Waals surface area contributed by atoms with Crippen LogP contribution in [0.3, 0.4) is 0 Å². The predicted molar refractivity (Wildman–Crippen MR) is 74.3 cm³/mol. The molecule has 0 radical (unpaired) electrons. The monoisotopic (exact) mass is 297 g/mol. The SMILES string of the molecule is Cc1cc(C)c(CNc2c(F)c(F)cc(F)c2F)cc1C. The number of hydrogen-bond acceptors (Lipinski definition) is 1. The molecule has 0 saturated carbocycles. The minimum atomic E-state index is -1.42. The number of anilines is 1. The van der Waals surface area contributed by atoms with Crippen molar-refractivity contribution in [3.05, 3.63) is 63.7 Å². The minimum absolute atomic E-state index is 0.0731. The van der Waals surface area contributed by atoms with Crippen molar-refractivity contribution in [1.82, 2.24) is 0 Å². The third-order valence-corrected chi connectivity index (χ3v) is 3.52. The molecule has 2 aromatic rings. The molecular formula is C16H15F4N. The van der Waals surface area contributed by atoms with Gasteiger partial charge in [-0.2, -0.15) is 0 Å². The van der Waals surface area contributed by atoms with Gasteiger partial charge in [-0.3, -0.25) is 0 Å². The van der Waals surface area contributed by atoms with Crippen molar-refractivity contribution in [2.75, 3.05) is 5.32 Å². The Balaban J connectivity index is 2.31. The largest absolute Gasteiger partial charge is 0.376 e. The van der Waals surface area contributed by atoms with Gasteiger partial charge in [-0.05, 0) is 43.0 Å². The summed E-state index contributed by atoms with van der Waals surface area (Å²) < 4.78 is 53.3. The highest BCUT2D eigenvalue weighted by Crippen LogP contribution is 2.25. The molecular weight excluding hydrogens is 282 g/mol. The molecule has 0 atom stereocenters. The first-order chi connectivity index (χ1) is 9.81. The summed E-state index contributed by atoms with van der Waals surface area (Å²) >= 11 is 0. The molecule has 0 bridgehead atoms. The molecule has 1 N–H and O–H groups in total. The molecule has 0 unspecified atom stereocenters. The Bertz CT molecular complexity index is 669. The van der Waals surface area contributed by atoms with E-state index in [4.69, 9.17) is 0 Å². The Morgan fingerprint density at radius 3 is 1.86 bits per heavy atom. The first kappa shape index (κ1) is 15.4. The first-order valence-electron chi connectivity index (χ1n) is 6.45. The molecule has 112 valence electrons. The first-order valence-corrected chi connectivity index (χ1v) is 6.45. The van der Waals surface area contributed by atoms with Crippen molar-refractivity contribution in [2.24, 2.45) is 0 Å². The quantitative estimate of drug-likeness (QED) is 0.635. The third kappa shape index (κ3) is 3.01. The highest BCUT2D eigenvalue weighted by atomic mass is 19.2. The third-order valence-electron chi connectivity index (χ3n) is 3.52. The fourth-order valence-corrected chi connectivity index (χ4v) is 2.12. The number of hydrogen-bond donors (Lipinski definition) is 1. The second-order valence-electron chi connectivity index (χ2n) is 5.06. The highest BCUT2D eigenvalue weighted by molar-refractivity contribution is 5.48. The maximum atomic E-state index is 13.5. The Hall–Kier alpha value is -2.04. The summed E-state index contributed by atoms with van der Waals surface area (Å²) in [5, 5.41) is 2.44. The summed E-state index contributed by atoms with van der Waals surface area (Å²) in [7, 11) is 0. The van der Waals surface area contributed by atoms with Crippen LogP contribution in [-0.4, -0.2) is 0 Å². The number of halogens is 4. The lowest BCUT2D eigenvalue weighted by Crippen LogP contribution is -2.08. The summed E-state index contributed by atoms with van der Waals surface area (Å²) in [5.74, 6) is -5.69. The van der Waals surface area contributed by atoms with Gasteiger partial charge in [0.05, 0.1) is 0 Å². The Morgan fingerprint density at radius 2 is 1.29 bits per heavy atom. The van der Waals surface area contributed by atoms with Crippen molar-refractivity contribution in [3.63, 3.8) is 0 Å². The summed E-state index contributed by atoms with van der Waals surface area (Å²) in [6, 6.07) is 4.02. The summed E-state index contributed by atoms with van der Waals surface area (Å²) in [6.45, 7) is 5.81. The average molecular weight is 297 g/mol. The molecule has 1 nitrogen and oxygen atoms in total. The lowest BCUT2D eigenvalue weighted by atomic mass is 10.0. The van der Waals surface area contributed by atoms with Gasteiger partial charge in [0, 0.05) is 12.6 Å². The van der Waals surface area contributed by atoms with Gasteiger partial charge < -0.3 is 5.32 Å². The van der Waals surface area contributed by atoms with Crippen LogP contribution in [0.5, 0.6) is 0 Å². The van der Waals surface area contributed by atoms with Crippen molar-refractivity contribution in [3.8, 4) is 0 Å². The van der Waals surface area contributed by atoms with Gasteiger partial charge in [0.2, 0.25) is 0 Å². The molecule has 2 aromatic carbocycles. The minimum Gasteiger partial charge on any atom is -0.376 e. The predicted octanol–water partition coefficient (Wildman–Crippen LogP) is 4.78. The van der Waals surface area contributed by atoms with Crippen LogP contribution in [0.1, 0.15) is 22.3 Å². The number of rotatable bonds is 3. The van der Waals surface area contributed by atoms with Gasteiger partial charge in [-0.15, -0.1) is 0 Å². The second kappa shape index (κ2) is 5.76. The van der Waals surface area contributed by atoms with Gasteiger partial charge >= 0.3 is 0 Å². The van der Waals surface area contributed by atoms with Crippen molar-refractivity contribution >= 4 is 5.69 Å². The van der Waals surface area contributed by atoms with E-state index >= 15 is 0 Å². The number of aryl methyl sites for hydroxylation is 3. The fourth-order valence-electron chi connectivity index (χ4n) is 2.12. The van der Waals surface area contributed by atoms with Gasteiger partial charge in [-0.1, -0.05) is 12.1 Å². The van der Waals surface area contributed by atoms with Crippen molar-refractivity contribution in [1.29, 1.82) is 0 Å². The molecule has 5 heteroatoms. The van der Waals surface area contributed by atoms with E-state index in [-0.39, 0.29) is 12.6 Å². The lowest BCUT2D eigenvalue weighted by molar-refractivity contribution is 0.458. The molecule has 0 heterocycles. The van der Waals surface area contributed by atoms with Crippen LogP contribution in [-0.2, 0) is 6.54 Å². The molecule has 0 aliphatic carbocycles. The van der Waals surface area contributed by atoms with Crippen LogP contribution in [0.2, 0.25) is 0 Å². The van der Waals surface area contributed by atoms with E-state index in [1.54, 1.807) is 0 Å². The van der Waals surface area contributed by atoms with E-state index in [2.05, 4.69) is 5.32 Å². The van der Waals surface area contributed by atoms with E-state index < -0.39 is 29.0 Å². The fraction of sp³-hybridized carbons (Fsp3) is 0.250. The highest BCUT2D eigenvalue weighted by Gasteiger charge is 2.19. The van der Waals surface area contributed by atoms with E-state index in [0.717, 1.165) is 22.3 Å². The number of benzene rings is 2. The van der Waals surface area contributed by atoms with Gasteiger partial charge in [0.25, 0.3) is 0 Å². The normalized spacial score (nSPS) is 10.8. The van der Waals surface area contributed by atoms with Crippen molar-refractivity contribution in [2.45, 2.75) is 27.3 Å². The summed E-state index contributed by atoms with van der Waals surface area (Å²) in [4.78, 5) is 0. The number of nitrogens with one attached hydrogen (secondary N) is 1. The zero-order valence-electron chi connectivity index (χ0n) is 12.0. The van der Waals surface area contributed by atoms with E-state index in [1.165, 1.54) is 0 Å². The molecule has 0 amide bonds. The molecule has 0 spiro atoms. The van der Waals surface area contributed by atoms with Crippen LogP contribution in [0.25, 0.3) is 0 Å². The summed E-state index contributed by atoms with van der Waals surface area (Å²) in [6.07, 6.45) is 0. The van der Waals surface area contributed by atoms with Crippen LogP contribution >= 0.6 is 0 Å². The second-order valence-corrected chi connectivity index (χ2v) is 5.06. The van der Waals surface area contributed by atoms with Gasteiger partial charge in [0.1, 0.15) is 5.69 Å². The molecule has 0 aliphatic heterocycles. The van der Waals surface area contributed by atoms with Crippen LogP contribution in [0.15, 0.2) is 18.2 Å². The molecule has 21 heavy (non-hydrogen) atoms. The molecule has 0 aliphatic rings. The smallest absolute Gasteiger partial charge is 0.185 e. The van der Waals surface area contributed by atoms with E-state index in [1.807, 2.05) is 32.9 Å². The Labute approximate surface area is 120 Å². The van der Waals surface area contributed by atoms with Crippen molar-refractivity contribution < 1.29 is 17.6 Å². The zero-order chi connectivity index (χ0) is 15.7. The maximum absolute atomic E-state index is 13.5. The van der Waals surface area contributed by atoms with E-state index in [9.17, 15) is 17.6 Å². The van der Waals surface area contributed by atoms with Crippen LogP contribution in [0, 0.1) is 44.0 Å². The Kier molecular flexibility index (Phi) is 4.21. The molecule has 2 rings (SSSR count). The average Bonchev–Trinajstić information content (AvgIpc) is 2.42. The Morgan fingerprint density at radius 1 is 0.762 bits per heavy atom. The van der Waals surface area contributed by atoms with Crippen LogP contribution in [0.4, 0.5) is 23.2 Å². The molecule has 0 saturated heterocycles. The van der Waals surface area contributed by atoms with Gasteiger partial charge in [0.15, 0.2) is 23.3 Å². The summed E-state index contributed by atoms with van der Waals surface area (Å²) in [5.41, 5.74) is 3.09. The standard InChI is InChI=1S/C16H15F4N/c1-8-4-10(3)11(5-9(8)2)7-21-16-14(19)12(17)6-13(18)15(16)20/h4-6,21H,7H2,1-3H3. The molecule has 0 aromatic heterocycles. The van der Waals surface area contributed by atoms with Crippen LogP contribution < -0.4 is 5.32 Å². The molecule has 0 fully saturated rings. The maximum Gasteiger partial charge on any atom is 0.185 e. The zero-order valence-corrected chi connectivity index (χ0v) is 12.0. The van der Waals surface area contributed by atoms with Gasteiger partial charge in [-0.25, -0.2) is 17.6 Å².